The van der Waals surface area contributed by atoms with E-state index in [1.165, 1.54) is 11.1 Å². The van der Waals surface area contributed by atoms with Gasteiger partial charge in [0.2, 0.25) is 0 Å². The van der Waals surface area contributed by atoms with E-state index in [0.29, 0.717) is 56.7 Å². The number of H-pyrrole nitrogens is 1. The third-order valence-electron chi connectivity index (χ3n) is 9.34. The topological polar surface area (TPSA) is 142 Å². The SMILES string of the molecule is NC(=O)c1ccccc1N.O=Cc1cn(Cc2ccccc2)c2c(Cl)cccc12.O=c1[nH]c(-c2cn(Cc3ccccc3)c3c(Cl)cccc23)nc2ccccc12.[Cl][In]([Cl])[Cl]. The number of anilines is 1. The minimum atomic E-state index is -2.22. The van der Waals surface area contributed by atoms with Crippen LogP contribution in [0.2, 0.25) is 10.0 Å². The van der Waals surface area contributed by atoms with Crippen LogP contribution in [0, 0.1) is 0 Å². The standard InChI is InChI=1S/C23H16ClN3O.C16H12ClNO.C7H8N2O.3ClH.In/c24-19-11-6-10-16-18(14-27(21(16)19)13-15-7-2-1-3-8-15)22-25-20-12-5-4-9-17(20)23(28)26-22;17-15-8-4-7-14-13(11-19)10-18(16(14)15)9-12-5-2-1-3-6-12;8-6-4-2-1-3-5(6)7(9)10;;;;/h1-12,14H,13H2,(H,25,26,28);1-8,10-11H,9H2;1-4H,8H2,(H2,9,10);3*1H;/q;;;;;;+3/p-3. The first-order chi connectivity index (χ1) is 29.4. The molecule has 0 spiro atoms. The zero-order valence-electron chi connectivity index (χ0n) is 32.2. The molecule has 3 aromatic heterocycles. The summed E-state index contributed by atoms with van der Waals surface area (Å²) in [6.45, 7) is 1.38. The van der Waals surface area contributed by atoms with Crippen molar-refractivity contribution >= 4 is 117 Å². The monoisotopic (exact) mass is 1010 g/mol. The number of rotatable bonds is 7. The van der Waals surface area contributed by atoms with Crippen molar-refractivity contribution in [3.63, 3.8) is 0 Å². The normalized spacial score (nSPS) is 10.5. The Labute approximate surface area is 379 Å². The molecule has 0 aliphatic carbocycles. The van der Waals surface area contributed by atoms with E-state index in [1.54, 1.807) is 30.3 Å². The zero-order chi connectivity index (χ0) is 43.5. The van der Waals surface area contributed by atoms with Crippen LogP contribution < -0.4 is 17.0 Å². The predicted octanol–water partition coefficient (Wildman–Crippen LogP) is 11.5. The second-order valence-corrected chi connectivity index (χ2v) is 28.9. The van der Waals surface area contributed by atoms with Gasteiger partial charge in [0, 0.05) is 53.1 Å². The molecule has 306 valence electrons. The van der Waals surface area contributed by atoms with Crippen LogP contribution in [0.15, 0.2) is 163 Å². The fraction of sp³-hybridized carbons (Fsp3) is 0.0435. The van der Waals surface area contributed by atoms with E-state index < -0.39 is 23.8 Å². The quantitative estimate of drug-likeness (QED) is 0.108. The molecule has 0 saturated heterocycles. The van der Waals surface area contributed by atoms with Crippen LogP contribution in [0.3, 0.4) is 0 Å². The summed E-state index contributed by atoms with van der Waals surface area (Å²) in [6.07, 6.45) is 4.74. The third kappa shape index (κ3) is 11.6. The van der Waals surface area contributed by atoms with Crippen LogP contribution in [0.25, 0.3) is 44.1 Å². The van der Waals surface area contributed by atoms with E-state index in [0.717, 1.165) is 33.7 Å². The molecule has 6 aromatic carbocycles. The summed E-state index contributed by atoms with van der Waals surface area (Å²) in [6, 6.07) is 45.8. The van der Waals surface area contributed by atoms with Crippen LogP contribution >= 0.6 is 48.9 Å². The Kier molecular flexibility index (Phi) is 16.0. The number of hydrogen-bond acceptors (Lipinski definition) is 5. The molecule has 0 bridgehead atoms. The third-order valence-corrected chi connectivity index (χ3v) is 9.95. The molecular formula is C46H36Cl5InN6O3. The molecule has 61 heavy (non-hydrogen) atoms. The summed E-state index contributed by atoms with van der Waals surface area (Å²) in [5.41, 5.74) is 17.5. The van der Waals surface area contributed by atoms with Crippen LogP contribution in [0.1, 0.15) is 31.8 Å². The fourth-order valence-electron chi connectivity index (χ4n) is 6.68. The van der Waals surface area contributed by atoms with Crippen molar-refractivity contribution < 1.29 is 9.59 Å². The first-order valence-corrected chi connectivity index (χ1v) is 31.9. The summed E-state index contributed by atoms with van der Waals surface area (Å²) in [5, 5.41) is 3.78. The van der Waals surface area contributed by atoms with Gasteiger partial charge in [0.25, 0.3) is 11.5 Å². The fourth-order valence-corrected chi connectivity index (χ4v) is 7.25. The van der Waals surface area contributed by atoms with Crippen molar-refractivity contribution in [1.82, 2.24) is 19.1 Å². The number of amides is 1. The Morgan fingerprint density at radius 1 is 0.656 bits per heavy atom. The van der Waals surface area contributed by atoms with E-state index in [2.05, 4.69) is 33.8 Å². The number of nitrogen functional groups attached to an aromatic ring is 1. The number of nitrogens with zero attached hydrogens (tertiary/aromatic N) is 3. The van der Waals surface area contributed by atoms with E-state index in [-0.39, 0.29) is 5.56 Å². The van der Waals surface area contributed by atoms with Crippen LogP contribution in [0.5, 0.6) is 0 Å². The molecule has 9 nitrogen and oxygen atoms in total. The van der Waals surface area contributed by atoms with Gasteiger partial charge in [0.05, 0.1) is 37.5 Å². The Balaban J connectivity index is 0.000000162. The first-order valence-electron chi connectivity index (χ1n) is 18.6. The number of aromatic nitrogens is 4. The summed E-state index contributed by atoms with van der Waals surface area (Å²) in [5.74, 6) is 0.0564. The van der Waals surface area contributed by atoms with Gasteiger partial charge in [-0.25, -0.2) is 4.98 Å². The number of nitrogens with one attached hydrogen (secondary N) is 1. The van der Waals surface area contributed by atoms with Gasteiger partial charge in [0.1, 0.15) is 5.82 Å². The molecule has 0 saturated carbocycles. The number of carbonyl (C=O) groups excluding carboxylic acids is 2. The van der Waals surface area contributed by atoms with Crippen molar-refractivity contribution in [3.8, 4) is 11.4 Å². The second-order valence-electron chi connectivity index (χ2n) is 13.4. The number of benzene rings is 6. The molecule has 0 aliphatic rings. The van der Waals surface area contributed by atoms with E-state index in [1.807, 2.05) is 108 Å². The van der Waals surface area contributed by atoms with E-state index >= 15 is 0 Å². The minimum absolute atomic E-state index is 0.147. The van der Waals surface area contributed by atoms with Gasteiger partial charge < -0.3 is 25.6 Å². The van der Waals surface area contributed by atoms with Crippen LogP contribution in [-0.2, 0) is 13.1 Å². The maximum absolute atomic E-state index is 12.5. The zero-order valence-corrected chi connectivity index (χ0v) is 39.3. The molecule has 0 fully saturated rings. The number of aromatic amines is 1. The average molecular weight is 1010 g/mol. The number of aldehydes is 1. The number of fused-ring (bicyclic) bond motifs is 3. The van der Waals surface area contributed by atoms with Gasteiger partial charge in [-0.15, -0.1) is 0 Å². The molecule has 9 rings (SSSR count). The molecule has 15 heteroatoms. The number of carbonyl (C=O) groups is 2. The van der Waals surface area contributed by atoms with Gasteiger partial charge in [-0.3, -0.25) is 14.4 Å². The van der Waals surface area contributed by atoms with E-state index in [9.17, 15) is 14.4 Å². The van der Waals surface area contributed by atoms with Gasteiger partial charge in [0.15, 0.2) is 6.29 Å². The Bertz CT molecular complexity index is 2990. The van der Waals surface area contributed by atoms with Gasteiger partial charge in [-0.2, -0.15) is 0 Å². The molecule has 0 aliphatic heterocycles. The summed E-state index contributed by atoms with van der Waals surface area (Å²) in [4.78, 5) is 41.9. The average Bonchev–Trinajstić information content (AvgIpc) is 3.81. The number of hydrogen-bond donors (Lipinski definition) is 3. The van der Waals surface area contributed by atoms with Gasteiger partial charge in [-0.1, -0.05) is 132 Å². The second kappa shape index (κ2) is 21.5. The molecule has 3 heterocycles. The van der Waals surface area contributed by atoms with Crippen molar-refractivity contribution in [2.24, 2.45) is 5.73 Å². The van der Waals surface area contributed by atoms with Crippen molar-refractivity contribution in [2.45, 2.75) is 13.1 Å². The summed E-state index contributed by atoms with van der Waals surface area (Å²) < 4.78 is 4.13. The molecule has 1 amide bonds. The molecular weight excluding hydrogens is 977 g/mol. The Morgan fingerprint density at radius 3 is 1.70 bits per heavy atom. The molecule has 0 unspecified atom stereocenters. The number of para-hydroxylation sites is 4. The number of nitrogens with two attached hydrogens (primary N) is 2. The predicted molar refractivity (Wildman–Crippen MR) is 254 cm³/mol. The Hall–Kier alpha value is -5.20. The number of primary amides is 1. The summed E-state index contributed by atoms with van der Waals surface area (Å²) >= 11 is 10.6. The van der Waals surface area contributed by atoms with Crippen LogP contribution in [-0.4, -0.2) is 49.2 Å². The number of halogens is 5. The molecule has 0 radical (unpaired) electrons. The van der Waals surface area contributed by atoms with Crippen molar-refractivity contribution in [2.75, 3.05) is 5.73 Å². The van der Waals surface area contributed by atoms with Gasteiger partial charge in [-0.05, 0) is 47.5 Å². The van der Waals surface area contributed by atoms with Gasteiger partial charge >= 0.3 is 43.6 Å². The Morgan fingerprint density at radius 2 is 1.15 bits per heavy atom. The van der Waals surface area contributed by atoms with Crippen LogP contribution in [0.4, 0.5) is 5.69 Å². The van der Waals surface area contributed by atoms with Crippen molar-refractivity contribution in [1.29, 1.82) is 0 Å². The molecule has 0 atom stereocenters. The van der Waals surface area contributed by atoms with E-state index in [4.69, 9.17) is 65.4 Å². The summed E-state index contributed by atoms with van der Waals surface area (Å²) in [7, 11) is 15.0. The first kappa shape index (κ1) is 45.3. The maximum atomic E-state index is 12.5. The molecule has 5 N–H and O–H groups in total. The van der Waals surface area contributed by atoms with Crippen molar-refractivity contribution in [3.05, 3.63) is 201 Å². The molecule has 9 aromatic rings.